The monoisotopic (exact) mass is 443 g/mol. The van der Waals surface area contributed by atoms with Crippen molar-refractivity contribution >= 4 is 45.4 Å². The number of thiazole rings is 1. The van der Waals surface area contributed by atoms with Crippen LogP contribution in [-0.4, -0.2) is 17.6 Å². The molecule has 0 radical (unpaired) electrons. The van der Waals surface area contributed by atoms with Crippen molar-refractivity contribution in [3.8, 4) is 10.6 Å². The number of anilines is 3. The summed E-state index contributed by atoms with van der Waals surface area (Å²) in [5.41, 5.74) is 11.9. The lowest BCUT2D eigenvalue weighted by Crippen LogP contribution is -2.35. The second-order valence-corrected chi connectivity index (χ2v) is 8.36. The summed E-state index contributed by atoms with van der Waals surface area (Å²) in [5, 5.41) is 6.99. The number of benzene rings is 2. The predicted octanol–water partition coefficient (Wildman–Crippen LogP) is 5.50. The van der Waals surface area contributed by atoms with Crippen molar-refractivity contribution in [2.75, 3.05) is 22.3 Å². The highest BCUT2D eigenvalue weighted by atomic mass is 35.5. The Kier molecular flexibility index (Phi) is 5.80. The van der Waals surface area contributed by atoms with Crippen LogP contribution in [0.3, 0.4) is 0 Å². The van der Waals surface area contributed by atoms with Crippen LogP contribution in [0.2, 0.25) is 5.02 Å². The Morgan fingerprint density at radius 1 is 1.27 bits per heavy atom. The summed E-state index contributed by atoms with van der Waals surface area (Å²) in [5.74, 6) is 0. The molecule has 0 fully saturated rings. The van der Waals surface area contributed by atoms with E-state index in [9.17, 15) is 4.79 Å². The van der Waals surface area contributed by atoms with E-state index in [4.69, 9.17) is 16.3 Å². The van der Waals surface area contributed by atoms with Gasteiger partial charge in [0.15, 0.2) is 0 Å². The van der Waals surface area contributed by atoms with Gasteiger partial charge >= 0.3 is 6.09 Å². The minimum absolute atomic E-state index is 0.175. The normalized spacial score (nSPS) is 12.5. The first kappa shape index (κ1) is 20.5. The van der Waals surface area contributed by atoms with Gasteiger partial charge in [0.2, 0.25) is 0 Å². The maximum Gasteiger partial charge on any atom is 0.412 e. The third-order valence-electron chi connectivity index (χ3n) is 4.79. The SMILES string of the molecule is CCN1NNc2cc(COC(=O)Nc3sc(-c4ccc(Cl)cc4C)nc3C)ccc21. The maximum absolute atomic E-state index is 12.3. The van der Waals surface area contributed by atoms with E-state index < -0.39 is 6.09 Å². The molecular weight excluding hydrogens is 422 g/mol. The second kappa shape index (κ2) is 8.51. The summed E-state index contributed by atoms with van der Waals surface area (Å²) in [6, 6.07) is 11.6. The zero-order chi connectivity index (χ0) is 21.3. The van der Waals surface area contributed by atoms with E-state index in [0.29, 0.717) is 10.0 Å². The first-order valence-corrected chi connectivity index (χ1v) is 10.7. The van der Waals surface area contributed by atoms with Gasteiger partial charge in [-0.2, -0.15) is 0 Å². The van der Waals surface area contributed by atoms with Gasteiger partial charge in [-0.3, -0.25) is 10.3 Å². The number of aromatic nitrogens is 1. The number of hydrogen-bond acceptors (Lipinski definition) is 7. The summed E-state index contributed by atoms with van der Waals surface area (Å²) in [4.78, 5) is 16.9. The smallest absolute Gasteiger partial charge is 0.412 e. The molecule has 156 valence electrons. The van der Waals surface area contributed by atoms with E-state index in [1.165, 1.54) is 11.3 Å². The first-order chi connectivity index (χ1) is 14.4. The highest BCUT2D eigenvalue weighted by Crippen LogP contribution is 2.34. The number of ether oxygens (including phenoxy) is 1. The fraction of sp³-hybridized carbons (Fsp3) is 0.238. The molecular formula is C21H22ClN5O2S. The van der Waals surface area contributed by atoms with Gasteiger partial charge in [-0.15, -0.1) is 5.53 Å². The number of halogens is 1. The Hall–Kier alpha value is -2.81. The van der Waals surface area contributed by atoms with Gasteiger partial charge in [-0.05, 0) is 56.2 Å². The van der Waals surface area contributed by atoms with Crippen LogP contribution in [0.25, 0.3) is 10.6 Å². The molecule has 0 atom stereocenters. The molecule has 1 aromatic heterocycles. The highest BCUT2D eigenvalue weighted by Gasteiger charge is 2.18. The third-order valence-corrected chi connectivity index (χ3v) is 6.14. The van der Waals surface area contributed by atoms with E-state index in [0.717, 1.165) is 45.3 Å². The Morgan fingerprint density at radius 3 is 2.87 bits per heavy atom. The molecule has 2 aromatic carbocycles. The zero-order valence-electron chi connectivity index (χ0n) is 16.9. The average Bonchev–Trinajstić information content (AvgIpc) is 3.29. The number of hydrogen-bond donors (Lipinski definition) is 3. The molecule has 7 nitrogen and oxygen atoms in total. The number of aryl methyl sites for hydroxylation is 2. The summed E-state index contributed by atoms with van der Waals surface area (Å²) in [7, 11) is 0. The molecule has 0 saturated carbocycles. The number of nitrogens with one attached hydrogen (secondary N) is 3. The number of carbonyl (C=O) groups excluding carboxylic acids is 1. The lowest BCUT2D eigenvalue weighted by Gasteiger charge is -2.14. The molecule has 9 heteroatoms. The van der Waals surface area contributed by atoms with Crippen molar-refractivity contribution < 1.29 is 9.53 Å². The molecule has 2 heterocycles. The van der Waals surface area contributed by atoms with Crippen molar-refractivity contribution in [3.63, 3.8) is 0 Å². The van der Waals surface area contributed by atoms with Crippen LogP contribution in [0.1, 0.15) is 23.7 Å². The number of amides is 1. The van der Waals surface area contributed by atoms with Gasteiger partial charge < -0.3 is 10.2 Å². The molecule has 3 aromatic rings. The predicted molar refractivity (Wildman–Crippen MR) is 122 cm³/mol. The fourth-order valence-corrected chi connectivity index (χ4v) is 4.49. The van der Waals surface area contributed by atoms with Crippen LogP contribution in [-0.2, 0) is 11.3 Å². The topological polar surface area (TPSA) is 78.5 Å². The molecule has 0 spiro atoms. The van der Waals surface area contributed by atoms with Crippen LogP contribution in [0.4, 0.5) is 21.2 Å². The van der Waals surface area contributed by atoms with Gasteiger partial charge in [-0.1, -0.05) is 35.1 Å². The molecule has 0 unspecified atom stereocenters. The minimum Gasteiger partial charge on any atom is -0.444 e. The van der Waals surface area contributed by atoms with Crippen molar-refractivity contribution in [2.45, 2.75) is 27.4 Å². The quantitative estimate of drug-likeness (QED) is 0.483. The lowest BCUT2D eigenvalue weighted by atomic mass is 10.1. The molecule has 3 N–H and O–H groups in total. The average molecular weight is 444 g/mol. The lowest BCUT2D eigenvalue weighted by molar-refractivity contribution is 0.155. The van der Waals surface area contributed by atoms with E-state index in [1.54, 1.807) is 0 Å². The van der Waals surface area contributed by atoms with Gasteiger partial charge in [0.05, 0.1) is 17.1 Å². The van der Waals surface area contributed by atoms with Gasteiger partial charge in [0, 0.05) is 17.1 Å². The zero-order valence-corrected chi connectivity index (χ0v) is 18.4. The Labute approximate surface area is 184 Å². The van der Waals surface area contributed by atoms with Crippen molar-refractivity contribution in [1.82, 2.24) is 10.5 Å². The van der Waals surface area contributed by atoms with Gasteiger partial charge in [0.1, 0.15) is 16.6 Å². The minimum atomic E-state index is -0.511. The van der Waals surface area contributed by atoms with Crippen molar-refractivity contribution in [1.29, 1.82) is 0 Å². The van der Waals surface area contributed by atoms with Crippen LogP contribution in [0, 0.1) is 13.8 Å². The van der Waals surface area contributed by atoms with E-state index in [2.05, 4.69) is 28.2 Å². The third kappa shape index (κ3) is 4.21. The molecule has 1 aliphatic heterocycles. The molecule has 4 rings (SSSR count). The Morgan fingerprint density at radius 2 is 2.10 bits per heavy atom. The summed E-state index contributed by atoms with van der Waals surface area (Å²) in [6.45, 7) is 6.92. The van der Waals surface area contributed by atoms with Crippen LogP contribution < -0.4 is 21.3 Å². The second-order valence-electron chi connectivity index (χ2n) is 6.93. The maximum atomic E-state index is 12.3. The summed E-state index contributed by atoms with van der Waals surface area (Å²) >= 11 is 7.45. The van der Waals surface area contributed by atoms with Crippen LogP contribution in [0.5, 0.6) is 0 Å². The van der Waals surface area contributed by atoms with E-state index in [1.807, 2.05) is 55.3 Å². The molecule has 30 heavy (non-hydrogen) atoms. The number of nitrogens with zero attached hydrogens (tertiary/aromatic N) is 2. The first-order valence-electron chi connectivity index (χ1n) is 9.54. The standard InChI is InChI=1S/C21H22ClN5O2S/c1-4-27-18-8-5-14(10-17(18)25-26-27)11-29-21(28)24-19-13(3)23-20(30-19)16-7-6-15(22)9-12(16)2/h5-10,25-26H,4,11H2,1-3H3,(H,24,28). The highest BCUT2D eigenvalue weighted by molar-refractivity contribution is 7.19. The molecule has 0 bridgehead atoms. The number of fused-ring (bicyclic) bond motifs is 1. The van der Waals surface area contributed by atoms with E-state index >= 15 is 0 Å². The number of hydrazine groups is 2. The largest absolute Gasteiger partial charge is 0.444 e. The number of rotatable bonds is 5. The van der Waals surface area contributed by atoms with Gasteiger partial charge in [0.25, 0.3) is 0 Å². The van der Waals surface area contributed by atoms with Crippen molar-refractivity contribution in [2.24, 2.45) is 0 Å². The molecule has 0 aliphatic carbocycles. The molecule has 0 saturated heterocycles. The molecule has 1 amide bonds. The Balaban J connectivity index is 1.40. The summed E-state index contributed by atoms with van der Waals surface area (Å²) < 4.78 is 5.40. The fourth-order valence-electron chi connectivity index (χ4n) is 3.22. The Bertz CT molecular complexity index is 1100. The summed E-state index contributed by atoms with van der Waals surface area (Å²) in [6.07, 6.45) is -0.511. The number of carbonyl (C=O) groups is 1. The van der Waals surface area contributed by atoms with E-state index in [-0.39, 0.29) is 6.61 Å². The molecule has 1 aliphatic rings. The van der Waals surface area contributed by atoms with Crippen LogP contribution >= 0.6 is 22.9 Å². The van der Waals surface area contributed by atoms with Crippen LogP contribution in [0.15, 0.2) is 36.4 Å². The van der Waals surface area contributed by atoms with Crippen molar-refractivity contribution in [3.05, 3.63) is 58.2 Å². The van der Waals surface area contributed by atoms with Gasteiger partial charge in [-0.25, -0.2) is 9.78 Å².